The van der Waals surface area contributed by atoms with Gasteiger partial charge in [0.1, 0.15) is 0 Å². The van der Waals surface area contributed by atoms with E-state index in [-0.39, 0.29) is 0 Å². The molecule has 2 N–H and O–H groups in total. The SMILES string of the molecule is CC(C)N1[C@@H]2COC[C@H]1C[C@@H](N)C2. The van der Waals surface area contributed by atoms with Crippen LogP contribution in [0.25, 0.3) is 0 Å². The summed E-state index contributed by atoms with van der Waals surface area (Å²) in [5.74, 6) is 0. The zero-order valence-electron chi connectivity index (χ0n) is 8.57. The van der Waals surface area contributed by atoms with Gasteiger partial charge >= 0.3 is 0 Å². The fourth-order valence-corrected chi connectivity index (χ4v) is 2.83. The molecule has 76 valence electrons. The zero-order chi connectivity index (χ0) is 9.42. The van der Waals surface area contributed by atoms with Crippen molar-refractivity contribution >= 4 is 0 Å². The average Bonchev–Trinajstić information content (AvgIpc) is 2.01. The fraction of sp³-hybridized carbons (Fsp3) is 1.00. The molecule has 2 aliphatic heterocycles. The van der Waals surface area contributed by atoms with E-state index in [9.17, 15) is 0 Å². The number of rotatable bonds is 1. The second-order valence-corrected chi connectivity index (χ2v) is 4.62. The van der Waals surface area contributed by atoms with Crippen molar-refractivity contribution in [3.8, 4) is 0 Å². The second-order valence-electron chi connectivity index (χ2n) is 4.62. The third kappa shape index (κ3) is 1.73. The molecule has 0 saturated carbocycles. The van der Waals surface area contributed by atoms with E-state index in [0.717, 1.165) is 26.1 Å². The minimum absolute atomic E-state index is 0.397. The van der Waals surface area contributed by atoms with Gasteiger partial charge in [0, 0.05) is 24.2 Å². The summed E-state index contributed by atoms with van der Waals surface area (Å²) in [6, 6.07) is 2.17. The van der Waals surface area contributed by atoms with Crippen LogP contribution in [-0.2, 0) is 4.74 Å². The van der Waals surface area contributed by atoms with E-state index in [1.165, 1.54) is 0 Å². The van der Waals surface area contributed by atoms with E-state index < -0.39 is 0 Å². The van der Waals surface area contributed by atoms with E-state index in [2.05, 4.69) is 18.7 Å². The second kappa shape index (κ2) is 3.56. The minimum Gasteiger partial charge on any atom is -0.378 e. The molecule has 2 rings (SSSR count). The first-order chi connectivity index (χ1) is 6.18. The molecule has 0 radical (unpaired) electrons. The predicted octanol–water partition coefficient (Wildman–Crippen LogP) is 0.585. The number of ether oxygens (including phenoxy) is 1. The number of nitrogens with two attached hydrogens (primary N) is 1. The smallest absolute Gasteiger partial charge is 0.0623 e. The highest BCUT2D eigenvalue weighted by atomic mass is 16.5. The number of hydrogen-bond donors (Lipinski definition) is 1. The standard InChI is InChI=1S/C10H20N2O/c1-7(2)12-9-3-8(11)4-10(12)6-13-5-9/h7-10H,3-6,11H2,1-2H3/t8-,9-,10+. The van der Waals surface area contributed by atoms with Crippen LogP contribution in [0.2, 0.25) is 0 Å². The summed E-state index contributed by atoms with van der Waals surface area (Å²) in [5, 5.41) is 0. The molecule has 0 aromatic heterocycles. The van der Waals surface area contributed by atoms with E-state index in [4.69, 9.17) is 10.5 Å². The first kappa shape index (κ1) is 9.44. The number of hydrogen-bond acceptors (Lipinski definition) is 3. The van der Waals surface area contributed by atoms with Crippen molar-refractivity contribution in [3.63, 3.8) is 0 Å². The first-order valence-electron chi connectivity index (χ1n) is 5.29. The molecule has 3 heteroatoms. The van der Waals surface area contributed by atoms with Crippen LogP contribution < -0.4 is 5.73 Å². The maximum Gasteiger partial charge on any atom is 0.0623 e. The highest BCUT2D eigenvalue weighted by Crippen LogP contribution is 2.28. The van der Waals surface area contributed by atoms with Crippen molar-refractivity contribution in [2.45, 2.75) is 50.9 Å². The van der Waals surface area contributed by atoms with Crippen molar-refractivity contribution in [2.24, 2.45) is 5.73 Å². The van der Waals surface area contributed by atoms with E-state index >= 15 is 0 Å². The van der Waals surface area contributed by atoms with Crippen LogP contribution in [0, 0.1) is 0 Å². The fourth-order valence-electron chi connectivity index (χ4n) is 2.83. The Kier molecular flexibility index (Phi) is 2.58. The molecule has 0 unspecified atom stereocenters. The molecule has 0 aliphatic carbocycles. The van der Waals surface area contributed by atoms with Crippen LogP contribution in [0.5, 0.6) is 0 Å². The number of morpholine rings is 1. The van der Waals surface area contributed by atoms with Crippen molar-refractivity contribution in [3.05, 3.63) is 0 Å². The van der Waals surface area contributed by atoms with E-state index in [1.54, 1.807) is 0 Å². The lowest BCUT2D eigenvalue weighted by atomic mass is 9.89. The molecular formula is C10H20N2O. The van der Waals surface area contributed by atoms with Crippen LogP contribution in [-0.4, -0.2) is 42.3 Å². The molecule has 2 fully saturated rings. The molecule has 2 bridgehead atoms. The predicted molar refractivity (Wildman–Crippen MR) is 52.6 cm³/mol. The molecular weight excluding hydrogens is 164 g/mol. The molecule has 2 saturated heterocycles. The maximum atomic E-state index is 6.01. The van der Waals surface area contributed by atoms with Gasteiger partial charge in [0.05, 0.1) is 13.2 Å². The Bertz CT molecular complexity index is 170. The Morgan fingerprint density at radius 1 is 1.23 bits per heavy atom. The third-order valence-corrected chi connectivity index (χ3v) is 3.21. The summed E-state index contributed by atoms with van der Waals surface area (Å²) in [4.78, 5) is 2.59. The molecule has 0 aromatic rings. The Balaban J connectivity index is 2.10. The Morgan fingerprint density at radius 3 is 2.23 bits per heavy atom. The van der Waals surface area contributed by atoms with Crippen LogP contribution in [0.1, 0.15) is 26.7 Å². The quantitative estimate of drug-likeness (QED) is 0.648. The summed E-state index contributed by atoms with van der Waals surface area (Å²) >= 11 is 0. The molecule has 0 spiro atoms. The molecule has 2 aliphatic rings. The average molecular weight is 184 g/mol. The third-order valence-electron chi connectivity index (χ3n) is 3.21. The molecule has 2 heterocycles. The van der Waals surface area contributed by atoms with Gasteiger partial charge in [0.2, 0.25) is 0 Å². The van der Waals surface area contributed by atoms with Crippen molar-refractivity contribution in [1.29, 1.82) is 0 Å². The lowest BCUT2D eigenvalue weighted by Gasteiger charge is -2.49. The molecule has 0 aromatic carbocycles. The summed E-state index contributed by atoms with van der Waals surface area (Å²) in [6.07, 6.45) is 2.21. The van der Waals surface area contributed by atoms with E-state index in [0.29, 0.717) is 24.2 Å². The Hall–Kier alpha value is -0.120. The molecule has 13 heavy (non-hydrogen) atoms. The normalized spacial score (nSPS) is 41.1. The van der Waals surface area contributed by atoms with Crippen molar-refractivity contribution in [2.75, 3.05) is 13.2 Å². The van der Waals surface area contributed by atoms with Gasteiger partial charge in [-0.2, -0.15) is 0 Å². The number of fused-ring (bicyclic) bond motifs is 2. The van der Waals surface area contributed by atoms with Crippen LogP contribution in [0.3, 0.4) is 0 Å². The summed E-state index contributed by atoms with van der Waals surface area (Å²) < 4.78 is 5.57. The topological polar surface area (TPSA) is 38.5 Å². The van der Waals surface area contributed by atoms with Gasteiger partial charge in [-0.1, -0.05) is 0 Å². The minimum atomic E-state index is 0.397. The molecule has 3 atom stereocenters. The van der Waals surface area contributed by atoms with Gasteiger partial charge in [0.15, 0.2) is 0 Å². The first-order valence-corrected chi connectivity index (χ1v) is 5.29. The lowest BCUT2D eigenvalue weighted by molar-refractivity contribution is -0.0914. The molecule has 3 nitrogen and oxygen atoms in total. The lowest BCUT2D eigenvalue weighted by Crippen LogP contribution is -2.61. The summed E-state index contributed by atoms with van der Waals surface area (Å²) in [7, 11) is 0. The Labute approximate surface area is 80.2 Å². The van der Waals surface area contributed by atoms with Gasteiger partial charge in [-0.3, -0.25) is 4.90 Å². The van der Waals surface area contributed by atoms with Gasteiger partial charge in [0.25, 0.3) is 0 Å². The van der Waals surface area contributed by atoms with Gasteiger partial charge < -0.3 is 10.5 Å². The van der Waals surface area contributed by atoms with Crippen molar-refractivity contribution in [1.82, 2.24) is 4.90 Å². The van der Waals surface area contributed by atoms with Crippen molar-refractivity contribution < 1.29 is 4.74 Å². The van der Waals surface area contributed by atoms with Gasteiger partial charge in [-0.15, -0.1) is 0 Å². The Morgan fingerprint density at radius 2 is 1.77 bits per heavy atom. The maximum absolute atomic E-state index is 6.01. The van der Waals surface area contributed by atoms with Crippen LogP contribution >= 0.6 is 0 Å². The van der Waals surface area contributed by atoms with Gasteiger partial charge in [-0.05, 0) is 26.7 Å². The highest BCUT2D eigenvalue weighted by molar-refractivity contribution is 4.94. The van der Waals surface area contributed by atoms with Crippen LogP contribution in [0.15, 0.2) is 0 Å². The van der Waals surface area contributed by atoms with Gasteiger partial charge in [-0.25, -0.2) is 0 Å². The highest BCUT2D eigenvalue weighted by Gasteiger charge is 2.38. The largest absolute Gasteiger partial charge is 0.378 e. The molecule has 0 amide bonds. The van der Waals surface area contributed by atoms with E-state index in [1.807, 2.05) is 0 Å². The number of nitrogens with zero attached hydrogens (tertiary/aromatic N) is 1. The summed E-state index contributed by atoms with van der Waals surface area (Å²) in [6.45, 7) is 6.29. The summed E-state index contributed by atoms with van der Waals surface area (Å²) in [5.41, 5.74) is 6.01. The zero-order valence-corrected chi connectivity index (χ0v) is 8.57. The monoisotopic (exact) mass is 184 g/mol. The number of piperidine rings is 1. The van der Waals surface area contributed by atoms with Crippen LogP contribution in [0.4, 0.5) is 0 Å².